The molecule has 0 aliphatic carbocycles. The molecule has 0 bridgehead atoms. The van der Waals surface area contributed by atoms with Gasteiger partial charge < -0.3 is 9.30 Å². The molecule has 1 aliphatic heterocycles. The van der Waals surface area contributed by atoms with Crippen LogP contribution in [0, 0.1) is 5.82 Å². The van der Waals surface area contributed by atoms with Gasteiger partial charge in [-0.05, 0) is 18.2 Å². The molecular weight excluding hydrogens is 207 g/mol. The number of benzene rings is 1. The van der Waals surface area contributed by atoms with Crippen LogP contribution >= 0.6 is 0 Å². The lowest BCUT2D eigenvalue weighted by Crippen LogP contribution is -2.19. The van der Waals surface area contributed by atoms with Gasteiger partial charge in [0.15, 0.2) is 0 Å². The van der Waals surface area contributed by atoms with Crippen molar-refractivity contribution in [3.8, 4) is 5.75 Å². The third-order valence-corrected chi connectivity index (χ3v) is 2.74. The minimum absolute atomic E-state index is 0.0750. The molecule has 0 saturated heterocycles. The van der Waals surface area contributed by atoms with Crippen molar-refractivity contribution in [3.63, 3.8) is 0 Å². The molecule has 0 amide bonds. The Bertz CT molecular complexity index is 496. The second kappa shape index (κ2) is 3.63. The zero-order valence-corrected chi connectivity index (χ0v) is 8.64. The zero-order valence-electron chi connectivity index (χ0n) is 8.64. The number of nitrogens with zero attached hydrogens (tertiary/aromatic N) is 2. The fourth-order valence-electron chi connectivity index (χ4n) is 2.02. The summed E-state index contributed by atoms with van der Waals surface area (Å²) in [7, 11) is 0. The van der Waals surface area contributed by atoms with Gasteiger partial charge in [0.2, 0.25) is 0 Å². The second-order valence-corrected chi connectivity index (χ2v) is 3.96. The van der Waals surface area contributed by atoms with Crippen LogP contribution in [0.5, 0.6) is 5.75 Å². The molecule has 2 aromatic rings. The number of imidazole rings is 1. The molecule has 3 rings (SSSR count). The van der Waals surface area contributed by atoms with Crippen molar-refractivity contribution < 1.29 is 9.13 Å². The van der Waals surface area contributed by atoms with Crippen molar-refractivity contribution >= 4 is 0 Å². The van der Waals surface area contributed by atoms with Gasteiger partial charge in [-0.2, -0.15) is 0 Å². The number of ether oxygens (including phenoxy) is 1. The highest BCUT2D eigenvalue weighted by atomic mass is 19.1. The maximum atomic E-state index is 13.0. The Morgan fingerprint density at radius 3 is 3.25 bits per heavy atom. The zero-order chi connectivity index (χ0) is 11.0. The monoisotopic (exact) mass is 218 g/mol. The van der Waals surface area contributed by atoms with Crippen LogP contribution in [0.15, 0.2) is 36.9 Å². The van der Waals surface area contributed by atoms with Crippen LogP contribution in [0.2, 0.25) is 0 Å². The molecule has 3 nitrogen and oxygen atoms in total. The first kappa shape index (κ1) is 9.39. The lowest BCUT2D eigenvalue weighted by atomic mass is 10.1. The van der Waals surface area contributed by atoms with E-state index in [1.807, 2.05) is 10.8 Å². The van der Waals surface area contributed by atoms with Crippen molar-refractivity contribution in [2.24, 2.45) is 0 Å². The van der Waals surface area contributed by atoms with Gasteiger partial charge in [-0.15, -0.1) is 0 Å². The Morgan fingerprint density at radius 1 is 1.50 bits per heavy atom. The molecule has 0 saturated carbocycles. The van der Waals surface area contributed by atoms with Crippen LogP contribution in [0.1, 0.15) is 5.56 Å². The van der Waals surface area contributed by atoms with Gasteiger partial charge in [0.25, 0.3) is 0 Å². The highest BCUT2D eigenvalue weighted by molar-refractivity contribution is 5.37. The minimum atomic E-state index is -0.203. The number of hydrogen-bond donors (Lipinski definition) is 0. The number of fused-ring (bicyclic) bond motifs is 1. The summed E-state index contributed by atoms with van der Waals surface area (Å²) in [6.07, 6.45) is 6.22. The minimum Gasteiger partial charge on any atom is -0.488 e. The van der Waals surface area contributed by atoms with Crippen LogP contribution < -0.4 is 4.74 Å². The SMILES string of the molecule is Fc1ccc2c(c1)CC(Cn1ccnc1)O2. The molecule has 1 aromatic heterocycles. The van der Waals surface area contributed by atoms with Gasteiger partial charge in [0, 0.05) is 24.4 Å². The molecule has 0 spiro atoms. The first-order valence-electron chi connectivity index (χ1n) is 5.22. The van der Waals surface area contributed by atoms with Gasteiger partial charge in [-0.25, -0.2) is 9.37 Å². The number of halogens is 1. The summed E-state index contributed by atoms with van der Waals surface area (Å²) in [5, 5.41) is 0. The van der Waals surface area contributed by atoms with E-state index >= 15 is 0 Å². The summed E-state index contributed by atoms with van der Waals surface area (Å²) in [4.78, 5) is 3.97. The molecule has 1 aliphatic rings. The van der Waals surface area contributed by atoms with Crippen molar-refractivity contribution in [2.75, 3.05) is 0 Å². The Labute approximate surface area is 92.5 Å². The molecule has 2 heterocycles. The fraction of sp³-hybridized carbons (Fsp3) is 0.250. The van der Waals surface area contributed by atoms with E-state index in [1.165, 1.54) is 6.07 Å². The standard InChI is InChI=1S/C12H11FN2O/c13-10-1-2-12-9(5-10)6-11(16-12)7-15-4-3-14-8-15/h1-5,8,11H,6-7H2. The highest BCUT2D eigenvalue weighted by Gasteiger charge is 2.23. The smallest absolute Gasteiger partial charge is 0.123 e. The van der Waals surface area contributed by atoms with Crippen LogP contribution in [-0.4, -0.2) is 15.7 Å². The van der Waals surface area contributed by atoms with Crippen molar-refractivity contribution in [1.82, 2.24) is 9.55 Å². The quantitative estimate of drug-likeness (QED) is 0.771. The van der Waals surface area contributed by atoms with Gasteiger partial charge in [-0.1, -0.05) is 0 Å². The summed E-state index contributed by atoms with van der Waals surface area (Å²) in [5.41, 5.74) is 0.949. The fourth-order valence-corrected chi connectivity index (χ4v) is 2.02. The maximum Gasteiger partial charge on any atom is 0.123 e. The molecular formula is C12H11FN2O. The van der Waals surface area contributed by atoms with Crippen molar-refractivity contribution in [1.29, 1.82) is 0 Å². The topological polar surface area (TPSA) is 27.1 Å². The lowest BCUT2D eigenvalue weighted by molar-refractivity contribution is 0.209. The van der Waals surface area contributed by atoms with E-state index in [1.54, 1.807) is 24.7 Å². The summed E-state index contributed by atoms with van der Waals surface area (Å²) < 4.78 is 20.7. The third-order valence-electron chi connectivity index (χ3n) is 2.74. The van der Waals surface area contributed by atoms with Crippen LogP contribution in [0.25, 0.3) is 0 Å². The molecule has 0 radical (unpaired) electrons. The highest BCUT2D eigenvalue weighted by Crippen LogP contribution is 2.29. The normalized spacial score (nSPS) is 18.2. The predicted octanol–water partition coefficient (Wildman–Crippen LogP) is 2.03. The average molecular weight is 218 g/mol. The summed E-state index contributed by atoms with van der Waals surface area (Å²) >= 11 is 0. The first-order chi connectivity index (χ1) is 7.81. The van der Waals surface area contributed by atoms with Gasteiger partial charge in [-0.3, -0.25) is 0 Å². The van der Waals surface area contributed by atoms with E-state index in [0.717, 1.165) is 24.3 Å². The van der Waals surface area contributed by atoms with E-state index in [-0.39, 0.29) is 11.9 Å². The van der Waals surface area contributed by atoms with Crippen LogP contribution in [-0.2, 0) is 13.0 Å². The Hall–Kier alpha value is -1.84. The maximum absolute atomic E-state index is 13.0. The summed E-state index contributed by atoms with van der Waals surface area (Å²) in [5.74, 6) is 0.595. The molecule has 4 heteroatoms. The van der Waals surface area contributed by atoms with E-state index in [0.29, 0.717) is 0 Å². The van der Waals surface area contributed by atoms with Crippen molar-refractivity contribution in [3.05, 3.63) is 48.3 Å². The van der Waals surface area contributed by atoms with E-state index in [2.05, 4.69) is 4.98 Å². The molecule has 16 heavy (non-hydrogen) atoms. The first-order valence-corrected chi connectivity index (χ1v) is 5.22. The largest absolute Gasteiger partial charge is 0.488 e. The number of hydrogen-bond acceptors (Lipinski definition) is 2. The van der Waals surface area contributed by atoms with E-state index in [4.69, 9.17) is 4.74 Å². The number of aromatic nitrogens is 2. The molecule has 1 unspecified atom stereocenters. The Morgan fingerprint density at radius 2 is 2.44 bits per heavy atom. The van der Waals surface area contributed by atoms with Gasteiger partial charge >= 0.3 is 0 Å². The lowest BCUT2D eigenvalue weighted by Gasteiger charge is -2.10. The Balaban J connectivity index is 1.75. The van der Waals surface area contributed by atoms with Crippen LogP contribution in [0.3, 0.4) is 0 Å². The molecule has 1 aromatic carbocycles. The summed E-state index contributed by atoms with van der Waals surface area (Å²) in [6.45, 7) is 0.746. The molecule has 0 N–H and O–H groups in total. The molecule has 1 atom stereocenters. The third kappa shape index (κ3) is 1.66. The Kier molecular flexibility index (Phi) is 2.13. The average Bonchev–Trinajstić information content (AvgIpc) is 2.86. The summed E-state index contributed by atoms with van der Waals surface area (Å²) in [6, 6.07) is 4.67. The second-order valence-electron chi connectivity index (χ2n) is 3.96. The van der Waals surface area contributed by atoms with Gasteiger partial charge in [0.1, 0.15) is 17.7 Å². The van der Waals surface area contributed by atoms with Crippen LogP contribution in [0.4, 0.5) is 4.39 Å². The van der Waals surface area contributed by atoms with E-state index in [9.17, 15) is 4.39 Å². The molecule has 0 fully saturated rings. The van der Waals surface area contributed by atoms with E-state index < -0.39 is 0 Å². The number of rotatable bonds is 2. The predicted molar refractivity (Wildman–Crippen MR) is 56.7 cm³/mol. The molecule has 82 valence electrons. The van der Waals surface area contributed by atoms with Gasteiger partial charge in [0.05, 0.1) is 12.9 Å². The van der Waals surface area contributed by atoms with Crippen molar-refractivity contribution in [2.45, 2.75) is 19.1 Å².